The van der Waals surface area contributed by atoms with E-state index in [1.165, 1.54) is 0 Å². The van der Waals surface area contributed by atoms with E-state index < -0.39 is 0 Å². The van der Waals surface area contributed by atoms with E-state index >= 15 is 0 Å². The van der Waals surface area contributed by atoms with Gasteiger partial charge in [0.1, 0.15) is 0 Å². The maximum atomic E-state index is 11.8. The van der Waals surface area contributed by atoms with Crippen LogP contribution in [-0.4, -0.2) is 37.0 Å². The van der Waals surface area contributed by atoms with Gasteiger partial charge in [-0.25, -0.2) is 0 Å². The molecular formula is C13H14ClNO2. The fourth-order valence-electron chi connectivity index (χ4n) is 1.61. The number of halogens is 1. The van der Waals surface area contributed by atoms with Gasteiger partial charge in [0.2, 0.25) is 0 Å². The summed E-state index contributed by atoms with van der Waals surface area (Å²) in [4.78, 5) is 13.9. The van der Waals surface area contributed by atoms with Crippen LogP contribution in [0.15, 0.2) is 36.5 Å². The Kier molecular flexibility index (Phi) is 4.18. The molecular weight excluding hydrogens is 238 g/mol. The summed E-state index contributed by atoms with van der Waals surface area (Å²) in [6.07, 6.45) is 3.42. The molecule has 0 amide bonds. The van der Waals surface area contributed by atoms with Crippen molar-refractivity contribution in [1.29, 1.82) is 0 Å². The molecule has 1 aliphatic rings. The minimum absolute atomic E-state index is 0.00633. The van der Waals surface area contributed by atoms with Crippen LogP contribution >= 0.6 is 11.6 Å². The smallest absolute Gasteiger partial charge is 0.187 e. The van der Waals surface area contributed by atoms with Gasteiger partial charge in [-0.1, -0.05) is 11.6 Å². The molecule has 0 radical (unpaired) electrons. The zero-order valence-electron chi connectivity index (χ0n) is 9.43. The zero-order chi connectivity index (χ0) is 12.1. The third-order valence-corrected chi connectivity index (χ3v) is 2.86. The highest BCUT2D eigenvalue weighted by Crippen LogP contribution is 2.10. The molecule has 1 aromatic carbocycles. The summed E-state index contributed by atoms with van der Waals surface area (Å²) in [5.74, 6) is -0.00633. The highest BCUT2D eigenvalue weighted by molar-refractivity contribution is 6.30. The molecule has 1 saturated heterocycles. The first-order valence-electron chi connectivity index (χ1n) is 5.55. The molecule has 0 atom stereocenters. The van der Waals surface area contributed by atoms with E-state index in [0.717, 1.165) is 26.3 Å². The predicted octanol–water partition coefficient (Wildman–Crippen LogP) is 2.37. The van der Waals surface area contributed by atoms with Gasteiger partial charge in [0.25, 0.3) is 0 Å². The standard InChI is InChI=1S/C13H14ClNO2/c14-12-3-1-11(2-4-12)13(16)5-6-15-7-9-17-10-8-15/h1-6H,7-10H2. The lowest BCUT2D eigenvalue weighted by atomic mass is 10.1. The van der Waals surface area contributed by atoms with Crippen LogP contribution in [0.2, 0.25) is 5.02 Å². The van der Waals surface area contributed by atoms with Crippen molar-refractivity contribution in [2.24, 2.45) is 0 Å². The average molecular weight is 252 g/mol. The van der Waals surface area contributed by atoms with E-state index in [2.05, 4.69) is 4.90 Å². The van der Waals surface area contributed by atoms with Gasteiger partial charge in [-0.05, 0) is 24.3 Å². The third-order valence-electron chi connectivity index (χ3n) is 2.61. The van der Waals surface area contributed by atoms with Crippen molar-refractivity contribution in [3.63, 3.8) is 0 Å². The highest BCUT2D eigenvalue weighted by atomic mass is 35.5. The van der Waals surface area contributed by atoms with E-state index in [1.807, 2.05) is 6.20 Å². The van der Waals surface area contributed by atoms with Gasteiger partial charge in [0, 0.05) is 36.0 Å². The number of carbonyl (C=O) groups excluding carboxylic acids is 1. The molecule has 2 rings (SSSR count). The number of ether oxygens (including phenoxy) is 1. The Balaban J connectivity index is 1.96. The van der Waals surface area contributed by atoms with Gasteiger partial charge in [-0.2, -0.15) is 0 Å². The molecule has 1 aliphatic heterocycles. The van der Waals surface area contributed by atoms with Gasteiger partial charge >= 0.3 is 0 Å². The van der Waals surface area contributed by atoms with Crippen molar-refractivity contribution < 1.29 is 9.53 Å². The maximum Gasteiger partial charge on any atom is 0.187 e. The normalized spacial score (nSPS) is 16.4. The molecule has 3 nitrogen and oxygen atoms in total. The summed E-state index contributed by atoms with van der Waals surface area (Å²) >= 11 is 5.76. The lowest BCUT2D eigenvalue weighted by molar-refractivity contribution is 0.0591. The van der Waals surface area contributed by atoms with Crippen molar-refractivity contribution >= 4 is 17.4 Å². The molecule has 0 bridgehead atoms. The Morgan fingerprint density at radius 2 is 1.88 bits per heavy atom. The van der Waals surface area contributed by atoms with E-state index in [1.54, 1.807) is 30.3 Å². The maximum absolute atomic E-state index is 11.8. The molecule has 4 heteroatoms. The monoisotopic (exact) mass is 251 g/mol. The van der Waals surface area contributed by atoms with Crippen molar-refractivity contribution in [3.05, 3.63) is 47.1 Å². The SMILES string of the molecule is O=C(C=CN1CCOCC1)c1ccc(Cl)cc1. The number of ketones is 1. The molecule has 0 saturated carbocycles. The van der Waals surface area contributed by atoms with Crippen LogP contribution in [0.4, 0.5) is 0 Å². The summed E-state index contributed by atoms with van der Waals surface area (Å²) in [5, 5.41) is 0.638. The Morgan fingerprint density at radius 1 is 1.24 bits per heavy atom. The van der Waals surface area contributed by atoms with E-state index in [9.17, 15) is 4.79 Å². The van der Waals surface area contributed by atoms with Crippen molar-refractivity contribution in [2.45, 2.75) is 0 Å². The van der Waals surface area contributed by atoms with E-state index in [0.29, 0.717) is 10.6 Å². The Hall–Kier alpha value is -1.32. The lowest BCUT2D eigenvalue weighted by Crippen LogP contribution is -2.32. The minimum atomic E-state index is -0.00633. The van der Waals surface area contributed by atoms with Gasteiger partial charge in [0.05, 0.1) is 13.2 Å². The Labute approximate surface area is 106 Å². The quantitative estimate of drug-likeness (QED) is 0.610. The first-order valence-corrected chi connectivity index (χ1v) is 5.93. The minimum Gasteiger partial charge on any atom is -0.378 e. The molecule has 1 heterocycles. The van der Waals surface area contributed by atoms with Crippen molar-refractivity contribution in [3.8, 4) is 0 Å². The summed E-state index contributed by atoms with van der Waals surface area (Å²) in [6, 6.07) is 6.90. The molecule has 0 aromatic heterocycles. The molecule has 90 valence electrons. The van der Waals surface area contributed by atoms with E-state index in [4.69, 9.17) is 16.3 Å². The first kappa shape index (κ1) is 12.1. The second-order valence-electron chi connectivity index (χ2n) is 3.84. The van der Waals surface area contributed by atoms with Crippen LogP contribution < -0.4 is 0 Å². The van der Waals surface area contributed by atoms with Gasteiger partial charge in [0.15, 0.2) is 5.78 Å². The first-order chi connectivity index (χ1) is 8.25. The fraction of sp³-hybridized carbons (Fsp3) is 0.308. The Morgan fingerprint density at radius 3 is 2.53 bits per heavy atom. The molecule has 1 aromatic rings. The number of allylic oxidation sites excluding steroid dienone is 1. The highest BCUT2D eigenvalue weighted by Gasteiger charge is 2.06. The van der Waals surface area contributed by atoms with Crippen LogP contribution in [-0.2, 0) is 4.74 Å². The average Bonchev–Trinajstić information content (AvgIpc) is 2.38. The van der Waals surface area contributed by atoms with Gasteiger partial charge < -0.3 is 9.64 Å². The van der Waals surface area contributed by atoms with Crippen molar-refractivity contribution in [1.82, 2.24) is 4.90 Å². The molecule has 0 aliphatic carbocycles. The summed E-state index contributed by atoms with van der Waals surface area (Å²) in [6.45, 7) is 3.12. The van der Waals surface area contributed by atoms with Gasteiger partial charge in [-0.3, -0.25) is 4.79 Å². The zero-order valence-corrected chi connectivity index (χ0v) is 10.2. The third kappa shape index (κ3) is 3.58. The summed E-state index contributed by atoms with van der Waals surface area (Å²) in [5.41, 5.74) is 0.652. The molecule has 0 unspecified atom stereocenters. The molecule has 1 fully saturated rings. The van der Waals surface area contributed by atoms with Crippen LogP contribution in [0.5, 0.6) is 0 Å². The largest absolute Gasteiger partial charge is 0.378 e. The van der Waals surface area contributed by atoms with E-state index in [-0.39, 0.29) is 5.78 Å². The van der Waals surface area contributed by atoms with Crippen LogP contribution in [0.1, 0.15) is 10.4 Å². The molecule has 0 N–H and O–H groups in total. The number of hydrogen-bond acceptors (Lipinski definition) is 3. The number of hydrogen-bond donors (Lipinski definition) is 0. The lowest BCUT2D eigenvalue weighted by Gasteiger charge is -2.24. The van der Waals surface area contributed by atoms with Gasteiger partial charge in [-0.15, -0.1) is 0 Å². The predicted molar refractivity (Wildman–Crippen MR) is 67.3 cm³/mol. The van der Waals surface area contributed by atoms with Crippen LogP contribution in [0, 0.1) is 0 Å². The number of rotatable bonds is 3. The number of benzene rings is 1. The molecule has 17 heavy (non-hydrogen) atoms. The number of morpholine rings is 1. The second-order valence-corrected chi connectivity index (χ2v) is 4.27. The summed E-state index contributed by atoms with van der Waals surface area (Å²) < 4.78 is 5.23. The second kappa shape index (κ2) is 5.84. The fourth-order valence-corrected chi connectivity index (χ4v) is 1.74. The van der Waals surface area contributed by atoms with Crippen LogP contribution in [0.3, 0.4) is 0 Å². The van der Waals surface area contributed by atoms with Crippen LogP contribution in [0.25, 0.3) is 0 Å². The number of carbonyl (C=O) groups is 1. The summed E-state index contributed by atoms with van der Waals surface area (Å²) in [7, 11) is 0. The van der Waals surface area contributed by atoms with Crippen molar-refractivity contribution in [2.75, 3.05) is 26.3 Å². The molecule has 0 spiro atoms. The topological polar surface area (TPSA) is 29.5 Å². The Bertz CT molecular complexity index is 408. The number of nitrogens with zero attached hydrogens (tertiary/aromatic N) is 1.